The fourth-order valence-electron chi connectivity index (χ4n) is 2.30. The van der Waals surface area contributed by atoms with Gasteiger partial charge in [0.05, 0.1) is 5.75 Å². The summed E-state index contributed by atoms with van der Waals surface area (Å²) in [5.74, 6) is -0.677. The van der Waals surface area contributed by atoms with Gasteiger partial charge in [-0.2, -0.15) is 0 Å². The summed E-state index contributed by atoms with van der Waals surface area (Å²) in [6.45, 7) is 3.95. The second-order valence-corrected chi connectivity index (χ2v) is 9.01. The van der Waals surface area contributed by atoms with Gasteiger partial charge >= 0.3 is 0 Å². The molecule has 0 bridgehead atoms. The van der Waals surface area contributed by atoms with Crippen LogP contribution in [0, 0.1) is 3.95 Å². The molecule has 0 spiro atoms. The van der Waals surface area contributed by atoms with Crippen LogP contribution in [-0.4, -0.2) is 32.3 Å². The molecule has 2 amide bonds. The third kappa shape index (κ3) is 5.21. The van der Waals surface area contributed by atoms with E-state index in [2.05, 4.69) is 38.0 Å². The molecule has 0 radical (unpaired) electrons. The lowest BCUT2D eigenvalue weighted by Crippen LogP contribution is -2.21. The Kier molecular flexibility index (Phi) is 7.00. The van der Waals surface area contributed by atoms with E-state index in [1.807, 2.05) is 24.3 Å². The van der Waals surface area contributed by atoms with Gasteiger partial charge in [-0.25, -0.2) is 0 Å². The second-order valence-electron chi connectivity index (χ2n) is 5.53. The first-order chi connectivity index (χ1) is 13.9. The van der Waals surface area contributed by atoms with E-state index >= 15 is 0 Å². The van der Waals surface area contributed by atoms with Crippen LogP contribution in [0.3, 0.4) is 0 Å². The number of hydrogen-bond donors (Lipinski definition) is 2. The average molecular weight is 512 g/mol. The zero-order chi connectivity index (χ0) is 21.0. The molecule has 3 rings (SSSR count). The van der Waals surface area contributed by atoms with Crippen molar-refractivity contribution in [1.82, 2.24) is 14.8 Å². The van der Waals surface area contributed by atoms with Crippen LogP contribution in [0.25, 0.3) is 11.5 Å². The molecule has 1 aromatic carbocycles. The number of carbonyl (C=O) groups is 2. The summed E-state index contributed by atoms with van der Waals surface area (Å²) in [4.78, 5) is 24.1. The first-order valence-electron chi connectivity index (χ1n) is 8.05. The van der Waals surface area contributed by atoms with Crippen molar-refractivity contribution < 1.29 is 14.0 Å². The molecule has 0 atom stereocenters. The van der Waals surface area contributed by atoms with Gasteiger partial charge in [0.15, 0.2) is 3.95 Å². The van der Waals surface area contributed by atoms with Crippen molar-refractivity contribution >= 4 is 68.1 Å². The fourth-order valence-corrected chi connectivity index (χ4v) is 4.46. The summed E-state index contributed by atoms with van der Waals surface area (Å²) < 4.78 is 8.45. The Hall–Kier alpha value is -2.28. The van der Waals surface area contributed by atoms with Crippen LogP contribution in [-0.2, 0) is 11.3 Å². The molecule has 0 saturated heterocycles. The normalized spacial score (nSPS) is 10.7. The molecule has 8 nitrogen and oxygen atoms in total. The minimum atomic E-state index is -0.682. The van der Waals surface area contributed by atoms with E-state index in [1.54, 1.807) is 6.08 Å². The average Bonchev–Trinajstić information content (AvgIpc) is 3.26. The number of benzene rings is 1. The summed E-state index contributed by atoms with van der Waals surface area (Å²) in [6, 6.07) is 7.41. The Bertz CT molecular complexity index is 1120. The van der Waals surface area contributed by atoms with Gasteiger partial charge in [0.25, 0.3) is 11.1 Å². The lowest BCUT2D eigenvalue weighted by Gasteiger charge is -2.06. The molecule has 0 unspecified atom stereocenters. The highest BCUT2D eigenvalue weighted by Crippen LogP contribution is 2.27. The quantitative estimate of drug-likeness (QED) is 0.265. The number of nitrogens with two attached hydrogens (primary N) is 1. The van der Waals surface area contributed by atoms with Crippen molar-refractivity contribution in [3.05, 3.63) is 51.0 Å². The Morgan fingerprint density at radius 1 is 1.38 bits per heavy atom. The number of rotatable bonds is 8. The van der Waals surface area contributed by atoms with Crippen LogP contribution in [0.5, 0.6) is 0 Å². The molecule has 3 N–H and O–H groups in total. The van der Waals surface area contributed by atoms with E-state index in [-0.39, 0.29) is 22.6 Å². The van der Waals surface area contributed by atoms with Gasteiger partial charge in [0, 0.05) is 16.6 Å². The van der Waals surface area contributed by atoms with Gasteiger partial charge in [0.1, 0.15) is 10.7 Å². The third-order valence-corrected chi connectivity index (χ3v) is 6.23. The molecule has 0 saturated carbocycles. The van der Waals surface area contributed by atoms with Crippen molar-refractivity contribution in [2.24, 2.45) is 5.73 Å². The van der Waals surface area contributed by atoms with E-state index in [0.717, 1.165) is 33.1 Å². The molecule has 0 fully saturated rings. The Labute approximate surface area is 187 Å². The van der Waals surface area contributed by atoms with E-state index in [9.17, 15) is 9.59 Å². The van der Waals surface area contributed by atoms with Gasteiger partial charge in [-0.1, -0.05) is 45.1 Å². The number of thioether (sulfide) groups is 1. The Morgan fingerprint density at radius 3 is 2.76 bits per heavy atom. The number of halogens is 1. The number of aromatic nitrogens is 3. The van der Waals surface area contributed by atoms with Crippen molar-refractivity contribution in [3.63, 3.8) is 0 Å². The summed E-state index contributed by atoms with van der Waals surface area (Å²) >= 11 is 10.8. The molecular formula is C17H14BrN5O3S3. The number of anilines is 1. The predicted molar refractivity (Wildman–Crippen MR) is 119 cm³/mol. The molecule has 2 aromatic heterocycles. The van der Waals surface area contributed by atoms with Crippen molar-refractivity contribution in [1.29, 1.82) is 0 Å². The van der Waals surface area contributed by atoms with Crippen LogP contribution in [0.4, 0.5) is 5.00 Å². The highest BCUT2D eigenvalue weighted by atomic mass is 79.9. The van der Waals surface area contributed by atoms with Gasteiger partial charge < -0.3 is 20.0 Å². The topological polar surface area (TPSA) is 116 Å². The summed E-state index contributed by atoms with van der Waals surface area (Å²) in [5, 5.41) is 11.1. The monoisotopic (exact) mass is 511 g/mol. The number of primary amides is 1. The molecular weight excluding hydrogens is 498 g/mol. The fraction of sp³-hybridized carbons (Fsp3) is 0.118. The molecule has 12 heteroatoms. The maximum Gasteiger partial charge on any atom is 0.277 e. The van der Waals surface area contributed by atoms with E-state index in [1.165, 1.54) is 4.57 Å². The van der Waals surface area contributed by atoms with Gasteiger partial charge in [0.2, 0.25) is 11.8 Å². The van der Waals surface area contributed by atoms with Crippen LogP contribution in [0.1, 0.15) is 10.5 Å². The molecule has 3 aromatic rings. The summed E-state index contributed by atoms with van der Waals surface area (Å²) in [6.07, 6.45) is 1.59. The number of amides is 2. The Balaban J connectivity index is 1.66. The number of nitrogens with one attached hydrogen (secondary N) is 1. The van der Waals surface area contributed by atoms with Gasteiger partial charge in [-0.3, -0.25) is 9.59 Å². The van der Waals surface area contributed by atoms with Crippen LogP contribution in [0.15, 0.2) is 51.0 Å². The highest BCUT2D eigenvalue weighted by molar-refractivity contribution is 9.10. The maximum absolute atomic E-state index is 12.3. The minimum Gasteiger partial charge on any atom is -0.411 e. The summed E-state index contributed by atoms with van der Waals surface area (Å²) in [5.41, 5.74) is 6.36. The van der Waals surface area contributed by atoms with E-state index < -0.39 is 5.91 Å². The highest BCUT2D eigenvalue weighted by Gasteiger charge is 2.19. The van der Waals surface area contributed by atoms with Gasteiger partial charge in [-0.15, -0.1) is 16.8 Å². The molecule has 0 aliphatic heterocycles. The van der Waals surface area contributed by atoms with E-state index in [0.29, 0.717) is 21.4 Å². The maximum atomic E-state index is 12.3. The summed E-state index contributed by atoms with van der Waals surface area (Å²) in [7, 11) is 0. The van der Waals surface area contributed by atoms with Crippen LogP contribution < -0.4 is 11.1 Å². The molecule has 2 heterocycles. The first-order valence-corrected chi connectivity index (χ1v) is 11.1. The smallest absolute Gasteiger partial charge is 0.277 e. The second kappa shape index (κ2) is 9.48. The molecule has 0 aliphatic carbocycles. The molecule has 0 aliphatic rings. The van der Waals surface area contributed by atoms with Crippen molar-refractivity contribution in [2.45, 2.75) is 11.8 Å². The number of carbonyl (C=O) groups excluding carboxylic acids is 2. The number of nitrogens with zero attached hydrogens (tertiary/aromatic N) is 3. The van der Waals surface area contributed by atoms with E-state index in [4.69, 9.17) is 22.4 Å². The lowest BCUT2D eigenvalue weighted by atomic mass is 10.2. The standard InChI is InChI=1S/C17H14BrN5O3S3/c1-2-7-23-12(13(19)25)15(29-17(23)27)20-11(24)8-28-16-22-21-14(26-16)9-3-5-10(18)6-4-9/h2-6H,1,7-8H2,(H2,19,25)(H,20,24). The number of allylic oxidation sites excluding steroid dienone is 1. The minimum absolute atomic E-state index is 0.00624. The van der Waals surface area contributed by atoms with Crippen LogP contribution >= 0.6 is 51.2 Å². The zero-order valence-electron chi connectivity index (χ0n) is 14.8. The van der Waals surface area contributed by atoms with Crippen molar-refractivity contribution in [3.8, 4) is 11.5 Å². The predicted octanol–water partition coefficient (Wildman–Crippen LogP) is 4.11. The molecule has 150 valence electrons. The van der Waals surface area contributed by atoms with Gasteiger partial charge in [-0.05, 0) is 36.5 Å². The number of thiazole rings is 1. The lowest BCUT2D eigenvalue weighted by molar-refractivity contribution is -0.113. The Morgan fingerprint density at radius 2 is 2.10 bits per heavy atom. The zero-order valence-corrected chi connectivity index (χ0v) is 18.8. The SMILES string of the molecule is C=CCn1c(C(N)=O)c(NC(=O)CSc2nnc(-c3ccc(Br)cc3)o2)sc1=S. The number of hydrogen-bond acceptors (Lipinski definition) is 8. The first kappa shape index (κ1) is 21.4. The van der Waals surface area contributed by atoms with Crippen LogP contribution in [0.2, 0.25) is 0 Å². The largest absolute Gasteiger partial charge is 0.411 e. The van der Waals surface area contributed by atoms with Crippen molar-refractivity contribution in [2.75, 3.05) is 11.1 Å². The third-order valence-electron chi connectivity index (χ3n) is 3.52. The molecule has 29 heavy (non-hydrogen) atoms.